The summed E-state index contributed by atoms with van der Waals surface area (Å²) in [5, 5.41) is 16.4. The standard InChI is InChI=1S/C17H23N3O2/c1-12-7-9-19(11-16(12)21)17(22)14-3-5-15(6-4-14)20-10-8-13(2)18-20/h3-6,12,16,21H,7-11H2,1-2H3. The van der Waals surface area contributed by atoms with Gasteiger partial charge in [0.2, 0.25) is 0 Å². The Morgan fingerprint density at radius 3 is 2.59 bits per heavy atom. The van der Waals surface area contributed by atoms with Crippen LogP contribution in [0.3, 0.4) is 0 Å². The summed E-state index contributed by atoms with van der Waals surface area (Å²) in [7, 11) is 0. The monoisotopic (exact) mass is 301 g/mol. The van der Waals surface area contributed by atoms with E-state index in [4.69, 9.17) is 0 Å². The zero-order valence-corrected chi connectivity index (χ0v) is 13.2. The van der Waals surface area contributed by atoms with E-state index in [9.17, 15) is 9.90 Å². The van der Waals surface area contributed by atoms with E-state index in [2.05, 4.69) is 5.10 Å². The normalized spacial score (nSPS) is 25.3. The molecule has 1 amide bonds. The molecule has 5 heteroatoms. The van der Waals surface area contributed by atoms with E-state index in [1.807, 2.05) is 43.1 Å². The fraction of sp³-hybridized carbons (Fsp3) is 0.529. The smallest absolute Gasteiger partial charge is 0.253 e. The van der Waals surface area contributed by atoms with E-state index in [-0.39, 0.29) is 11.8 Å². The Bertz CT molecular complexity index is 582. The molecule has 5 nitrogen and oxygen atoms in total. The zero-order valence-electron chi connectivity index (χ0n) is 13.2. The number of β-amino-alcohol motifs (C(OH)–C–C–N with tert-alkyl or cyclic N) is 1. The van der Waals surface area contributed by atoms with Gasteiger partial charge in [-0.3, -0.25) is 9.80 Å². The number of aliphatic hydroxyl groups is 1. The van der Waals surface area contributed by atoms with E-state index in [0.29, 0.717) is 18.7 Å². The second kappa shape index (κ2) is 6.08. The number of anilines is 1. The third-order valence-corrected chi connectivity index (χ3v) is 4.59. The fourth-order valence-corrected chi connectivity index (χ4v) is 2.95. The fourth-order valence-electron chi connectivity index (χ4n) is 2.95. The number of piperidine rings is 1. The van der Waals surface area contributed by atoms with Crippen molar-refractivity contribution in [2.75, 3.05) is 24.6 Å². The van der Waals surface area contributed by atoms with Crippen LogP contribution in [0.2, 0.25) is 0 Å². The Hall–Kier alpha value is -1.88. The van der Waals surface area contributed by atoms with Gasteiger partial charge in [-0.05, 0) is 43.5 Å². The van der Waals surface area contributed by atoms with Crippen molar-refractivity contribution in [2.24, 2.45) is 11.0 Å². The second-order valence-electron chi connectivity index (χ2n) is 6.34. The summed E-state index contributed by atoms with van der Waals surface area (Å²) >= 11 is 0. The highest BCUT2D eigenvalue weighted by molar-refractivity contribution is 5.94. The van der Waals surface area contributed by atoms with Crippen LogP contribution in [-0.2, 0) is 0 Å². The van der Waals surface area contributed by atoms with Crippen molar-refractivity contribution in [1.29, 1.82) is 0 Å². The molecule has 2 unspecified atom stereocenters. The molecule has 22 heavy (non-hydrogen) atoms. The maximum atomic E-state index is 12.5. The molecule has 1 saturated heterocycles. The molecule has 1 N–H and O–H groups in total. The minimum atomic E-state index is -0.418. The molecule has 2 aliphatic rings. The molecule has 2 aliphatic heterocycles. The highest BCUT2D eigenvalue weighted by Gasteiger charge is 2.27. The predicted octanol–water partition coefficient (Wildman–Crippen LogP) is 2.12. The number of benzene rings is 1. The third-order valence-electron chi connectivity index (χ3n) is 4.59. The van der Waals surface area contributed by atoms with Gasteiger partial charge in [-0.2, -0.15) is 5.10 Å². The number of likely N-dealkylation sites (tertiary alicyclic amines) is 1. The lowest BCUT2D eigenvalue weighted by Gasteiger charge is -2.34. The van der Waals surface area contributed by atoms with Gasteiger partial charge in [-0.15, -0.1) is 0 Å². The zero-order chi connectivity index (χ0) is 15.7. The van der Waals surface area contributed by atoms with Crippen LogP contribution in [-0.4, -0.2) is 47.4 Å². The Morgan fingerprint density at radius 2 is 2.00 bits per heavy atom. The van der Waals surface area contributed by atoms with Gasteiger partial charge >= 0.3 is 0 Å². The van der Waals surface area contributed by atoms with E-state index < -0.39 is 6.10 Å². The number of hydrazone groups is 1. The lowest BCUT2D eigenvalue weighted by atomic mass is 9.95. The summed E-state index contributed by atoms with van der Waals surface area (Å²) in [6.45, 7) is 6.10. The van der Waals surface area contributed by atoms with Gasteiger partial charge in [0.15, 0.2) is 0 Å². The first-order chi connectivity index (χ1) is 10.5. The van der Waals surface area contributed by atoms with Crippen LogP contribution in [0.1, 0.15) is 37.0 Å². The van der Waals surface area contributed by atoms with Crippen molar-refractivity contribution in [3.05, 3.63) is 29.8 Å². The number of carbonyl (C=O) groups is 1. The van der Waals surface area contributed by atoms with Gasteiger partial charge in [0.25, 0.3) is 5.91 Å². The SMILES string of the molecule is CC1=NN(c2ccc(C(=O)N3CCC(C)C(O)C3)cc2)CC1. The quantitative estimate of drug-likeness (QED) is 0.910. The summed E-state index contributed by atoms with van der Waals surface area (Å²) in [5.74, 6) is 0.265. The first kappa shape index (κ1) is 15.0. The summed E-state index contributed by atoms with van der Waals surface area (Å²) in [6.07, 6.45) is 1.43. The molecule has 2 heterocycles. The largest absolute Gasteiger partial charge is 0.391 e. The average Bonchev–Trinajstić information content (AvgIpc) is 2.96. The lowest BCUT2D eigenvalue weighted by Crippen LogP contribution is -2.45. The second-order valence-corrected chi connectivity index (χ2v) is 6.34. The van der Waals surface area contributed by atoms with E-state index in [1.54, 1.807) is 4.90 Å². The van der Waals surface area contributed by atoms with Crippen LogP contribution in [0.5, 0.6) is 0 Å². The molecule has 3 rings (SSSR count). The summed E-state index contributed by atoms with van der Waals surface area (Å²) in [6, 6.07) is 7.59. The van der Waals surface area contributed by atoms with Crippen molar-refractivity contribution in [2.45, 2.75) is 32.8 Å². The molecule has 1 aromatic rings. The van der Waals surface area contributed by atoms with Crippen molar-refractivity contribution in [3.63, 3.8) is 0 Å². The van der Waals surface area contributed by atoms with E-state index in [0.717, 1.165) is 30.8 Å². The van der Waals surface area contributed by atoms with Crippen LogP contribution in [0.25, 0.3) is 0 Å². The van der Waals surface area contributed by atoms with Crippen LogP contribution in [0.4, 0.5) is 5.69 Å². The molecule has 2 atom stereocenters. The van der Waals surface area contributed by atoms with Crippen LogP contribution in [0, 0.1) is 5.92 Å². The Labute approximate surface area is 131 Å². The van der Waals surface area contributed by atoms with Gasteiger partial charge in [0.1, 0.15) is 0 Å². The molecular formula is C17H23N3O2. The Balaban J connectivity index is 1.69. The van der Waals surface area contributed by atoms with Gasteiger partial charge in [0.05, 0.1) is 11.8 Å². The molecule has 0 saturated carbocycles. The topological polar surface area (TPSA) is 56.1 Å². The first-order valence-electron chi connectivity index (χ1n) is 7.93. The summed E-state index contributed by atoms with van der Waals surface area (Å²) < 4.78 is 0. The summed E-state index contributed by atoms with van der Waals surface area (Å²) in [4.78, 5) is 14.3. The minimum absolute atomic E-state index is 0.00129. The van der Waals surface area contributed by atoms with Gasteiger partial charge < -0.3 is 10.0 Å². The third kappa shape index (κ3) is 2.99. The molecule has 118 valence electrons. The van der Waals surface area contributed by atoms with Crippen molar-refractivity contribution < 1.29 is 9.90 Å². The number of amides is 1. The highest BCUT2D eigenvalue weighted by Crippen LogP contribution is 2.22. The molecule has 0 spiro atoms. The number of aliphatic hydroxyl groups excluding tert-OH is 1. The maximum Gasteiger partial charge on any atom is 0.253 e. The molecule has 0 radical (unpaired) electrons. The number of hydrogen-bond donors (Lipinski definition) is 1. The Morgan fingerprint density at radius 1 is 1.27 bits per heavy atom. The van der Waals surface area contributed by atoms with Crippen molar-refractivity contribution in [3.8, 4) is 0 Å². The van der Waals surface area contributed by atoms with E-state index >= 15 is 0 Å². The predicted molar refractivity (Wildman–Crippen MR) is 87.2 cm³/mol. The van der Waals surface area contributed by atoms with Gasteiger partial charge in [-0.25, -0.2) is 0 Å². The molecule has 1 aromatic carbocycles. The van der Waals surface area contributed by atoms with Crippen molar-refractivity contribution >= 4 is 17.3 Å². The van der Waals surface area contributed by atoms with Crippen molar-refractivity contribution in [1.82, 2.24) is 4.90 Å². The number of rotatable bonds is 2. The van der Waals surface area contributed by atoms with Crippen LogP contribution < -0.4 is 5.01 Å². The lowest BCUT2D eigenvalue weighted by molar-refractivity contribution is 0.0248. The maximum absolute atomic E-state index is 12.5. The van der Waals surface area contributed by atoms with Gasteiger partial charge in [-0.1, -0.05) is 6.92 Å². The molecule has 0 bridgehead atoms. The number of hydrogen-bond acceptors (Lipinski definition) is 4. The van der Waals surface area contributed by atoms with Gasteiger partial charge in [0, 0.05) is 37.3 Å². The van der Waals surface area contributed by atoms with E-state index in [1.165, 1.54) is 0 Å². The molecular weight excluding hydrogens is 278 g/mol. The highest BCUT2D eigenvalue weighted by atomic mass is 16.3. The number of carbonyl (C=O) groups excluding carboxylic acids is 1. The molecule has 0 aromatic heterocycles. The van der Waals surface area contributed by atoms with Crippen LogP contribution >= 0.6 is 0 Å². The molecule has 0 aliphatic carbocycles. The molecule has 1 fully saturated rings. The Kier molecular flexibility index (Phi) is 4.16. The summed E-state index contributed by atoms with van der Waals surface area (Å²) in [5.41, 5.74) is 2.82. The first-order valence-corrected chi connectivity index (χ1v) is 7.93. The minimum Gasteiger partial charge on any atom is -0.391 e. The number of nitrogens with zero attached hydrogens (tertiary/aromatic N) is 3. The van der Waals surface area contributed by atoms with Crippen LogP contribution in [0.15, 0.2) is 29.4 Å². The average molecular weight is 301 g/mol.